The van der Waals surface area contributed by atoms with Gasteiger partial charge in [0, 0.05) is 6.54 Å². The Morgan fingerprint density at radius 2 is 1.76 bits per heavy atom. The van der Waals surface area contributed by atoms with Gasteiger partial charge in [-0.3, -0.25) is 9.46 Å². The smallest absolute Gasteiger partial charge is 0.412 e. The van der Waals surface area contributed by atoms with Crippen LogP contribution in [0, 0.1) is 0 Å². The lowest BCUT2D eigenvalue weighted by Crippen LogP contribution is -2.57. The average Bonchev–Trinajstić information content (AvgIpc) is 2.90. The van der Waals surface area contributed by atoms with E-state index in [2.05, 4.69) is 0 Å². The number of hydroxylamine groups is 2. The summed E-state index contributed by atoms with van der Waals surface area (Å²) in [5.41, 5.74) is -1.05. The molecule has 0 saturated carbocycles. The third-order valence-corrected chi connectivity index (χ3v) is 7.62. The van der Waals surface area contributed by atoms with Crippen molar-refractivity contribution in [1.82, 2.24) is 9.96 Å². The molecule has 1 fully saturated rings. The maximum atomic E-state index is 14.1. The first-order valence-electron chi connectivity index (χ1n) is 11.3. The SMILES string of the molecule is CCOP(=O)(OCC)[C@@H]([C@@H]1[C@@H](C)OC(C)(C)N1C(=O)OC(C)(C)C)N(O)Cc1ccccc1. The number of amides is 1. The van der Waals surface area contributed by atoms with E-state index < -0.39 is 42.9 Å². The van der Waals surface area contributed by atoms with E-state index in [1.54, 1.807) is 55.4 Å². The number of hydrogen-bond acceptors (Lipinski definition) is 8. The van der Waals surface area contributed by atoms with Gasteiger partial charge in [-0.2, -0.15) is 5.06 Å². The molecule has 2 rings (SSSR count). The largest absolute Gasteiger partial charge is 0.444 e. The van der Waals surface area contributed by atoms with Gasteiger partial charge < -0.3 is 23.7 Å². The van der Waals surface area contributed by atoms with Crippen molar-refractivity contribution in [3.05, 3.63) is 35.9 Å². The third-order valence-electron chi connectivity index (χ3n) is 5.16. The summed E-state index contributed by atoms with van der Waals surface area (Å²) in [4.78, 5) is 14.7. The summed E-state index contributed by atoms with van der Waals surface area (Å²) in [7, 11) is -3.95. The van der Waals surface area contributed by atoms with Crippen LogP contribution in [0.3, 0.4) is 0 Å². The van der Waals surface area contributed by atoms with Crippen LogP contribution in [0.15, 0.2) is 30.3 Å². The molecule has 0 radical (unpaired) electrons. The molecule has 1 aliphatic heterocycles. The van der Waals surface area contributed by atoms with Gasteiger partial charge in [-0.25, -0.2) is 4.79 Å². The highest BCUT2D eigenvalue weighted by Crippen LogP contribution is 2.58. The number of ether oxygens (including phenoxy) is 2. The molecule has 1 N–H and O–H groups in total. The molecule has 0 aliphatic carbocycles. The normalized spacial score (nSPS) is 21.9. The molecular weight excluding hydrogens is 447 g/mol. The van der Waals surface area contributed by atoms with Crippen LogP contribution in [0.25, 0.3) is 0 Å². The monoisotopic (exact) mass is 486 g/mol. The lowest BCUT2D eigenvalue weighted by atomic mass is 10.1. The quantitative estimate of drug-likeness (QED) is 0.374. The second-order valence-electron chi connectivity index (χ2n) is 9.48. The summed E-state index contributed by atoms with van der Waals surface area (Å²) in [5.74, 6) is -1.22. The first-order valence-corrected chi connectivity index (χ1v) is 12.9. The van der Waals surface area contributed by atoms with Gasteiger partial charge in [0.25, 0.3) is 0 Å². The van der Waals surface area contributed by atoms with Crippen LogP contribution in [0.2, 0.25) is 0 Å². The van der Waals surface area contributed by atoms with Crippen LogP contribution >= 0.6 is 7.60 Å². The van der Waals surface area contributed by atoms with Crippen molar-refractivity contribution in [2.75, 3.05) is 13.2 Å². The fourth-order valence-corrected chi connectivity index (χ4v) is 6.38. The van der Waals surface area contributed by atoms with Gasteiger partial charge in [0.15, 0.2) is 5.78 Å². The van der Waals surface area contributed by atoms with Gasteiger partial charge in [0.05, 0.1) is 25.4 Å². The van der Waals surface area contributed by atoms with E-state index in [-0.39, 0.29) is 19.8 Å². The van der Waals surface area contributed by atoms with Crippen LogP contribution in [0.5, 0.6) is 0 Å². The summed E-state index contributed by atoms with van der Waals surface area (Å²) in [6.45, 7) is 14.2. The van der Waals surface area contributed by atoms with Gasteiger partial charge in [-0.15, -0.1) is 0 Å². The number of carbonyl (C=O) groups excluding carboxylic acids is 1. The Labute approximate surface area is 197 Å². The van der Waals surface area contributed by atoms with E-state index in [0.29, 0.717) is 0 Å². The molecule has 33 heavy (non-hydrogen) atoms. The minimum Gasteiger partial charge on any atom is -0.444 e. The van der Waals surface area contributed by atoms with Crippen LogP contribution in [0.1, 0.15) is 61.0 Å². The van der Waals surface area contributed by atoms with Crippen molar-refractivity contribution in [1.29, 1.82) is 0 Å². The van der Waals surface area contributed by atoms with Gasteiger partial charge >= 0.3 is 13.7 Å². The van der Waals surface area contributed by atoms with Crippen LogP contribution < -0.4 is 0 Å². The molecule has 1 heterocycles. The van der Waals surface area contributed by atoms with Crippen LogP contribution in [-0.2, 0) is 29.6 Å². The highest BCUT2D eigenvalue weighted by molar-refractivity contribution is 7.54. The Bertz CT molecular complexity index is 818. The van der Waals surface area contributed by atoms with Crippen molar-refractivity contribution in [2.45, 2.75) is 91.2 Å². The minimum absolute atomic E-state index is 0.0431. The molecule has 1 amide bonds. The molecule has 9 nitrogen and oxygen atoms in total. The summed E-state index contributed by atoms with van der Waals surface area (Å²) in [6.07, 6.45) is -1.24. The maximum Gasteiger partial charge on any atom is 0.412 e. The summed E-state index contributed by atoms with van der Waals surface area (Å²) in [6, 6.07) is 8.37. The number of hydrogen-bond donors (Lipinski definition) is 1. The lowest BCUT2D eigenvalue weighted by molar-refractivity contribution is -0.136. The van der Waals surface area contributed by atoms with Gasteiger partial charge in [-0.05, 0) is 61.0 Å². The molecule has 1 aromatic rings. The van der Waals surface area contributed by atoms with Crippen molar-refractivity contribution >= 4 is 13.7 Å². The standard InChI is InChI=1S/C23H39N2O7P/c1-9-29-33(28,30-10-2)20(24(27)16-18-14-12-11-13-15-18)19-17(3)31-23(7,8)25(19)21(26)32-22(4,5)6/h11-15,17,19-20,27H,9-10,16H2,1-8H3/t17-,19+,20+/m1/s1. The zero-order chi connectivity index (χ0) is 25.0. The minimum atomic E-state index is -3.95. The molecule has 0 unspecified atom stereocenters. The fraction of sp³-hybridized carbons (Fsp3) is 0.696. The highest BCUT2D eigenvalue weighted by atomic mass is 31.2. The molecule has 0 bridgehead atoms. The Hall–Kier alpha value is -1.48. The fourth-order valence-electron chi connectivity index (χ4n) is 4.12. The molecule has 188 valence electrons. The first-order chi connectivity index (χ1) is 15.3. The topological polar surface area (TPSA) is 97.8 Å². The van der Waals surface area contributed by atoms with Gasteiger partial charge in [0.2, 0.25) is 0 Å². The Kier molecular flexibility index (Phi) is 9.12. The molecular formula is C23H39N2O7P. The van der Waals surface area contributed by atoms with E-state index in [4.69, 9.17) is 18.5 Å². The zero-order valence-corrected chi connectivity index (χ0v) is 21.9. The molecule has 0 spiro atoms. The summed E-state index contributed by atoms with van der Waals surface area (Å²) >= 11 is 0. The van der Waals surface area contributed by atoms with E-state index in [0.717, 1.165) is 10.6 Å². The third kappa shape index (κ3) is 6.78. The Morgan fingerprint density at radius 1 is 1.21 bits per heavy atom. The number of rotatable bonds is 9. The van der Waals surface area contributed by atoms with E-state index in [1.807, 2.05) is 30.3 Å². The van der Waals surface area contributed by atoms with Crippen molar-refractivity contribution in [3.8, 4) is 0 Å². The zero-order valence-electron chi connectivity index (χ0n) is 21.0. The average molecular weight is 487 g/mol. The Morgan fingerprint density at radius 3 is 2.24 bits per heavy atom. The second-order valence-corrected chi connectivity index (χ2v) is 11.6. The van der Waals surface area contributed by atoms with Gasteiger partial charge in [0.1, 0.15) is 11.3 Å². The lowest BCUT2D eigenvalue weighted by Gasteiger charge is -2.41. The summed E-state index contributed by atoms with van der Waals surface area (Å²) < 4.78 is 37.1. The predicted molar refractivity (Wildman–Crippen MR) is 125 cm³/mol. The van der Waals surface area contributed by atoms with Crippen LogP contribution in [-0.4, -0.2) is 63.7 Å². The number of benzene rings is 1. The van der Waals surface area contributed by atoms with Crippen LogP contribution in [0.4, 0.5) is 4.79 Å². The molecule has 0 aromatic heterocycles. The maximum absolute atomic E-state index is 14.1. The molecule has 3 atom stereocenters. The van der Waals surface area contributed by atoms with Crippen molar-refractivity contribution in [2.24, 2.45) is 0 Å². The van der Waals surface area contributed by atoms with E-state index >= 15 is 0 Å². The van der Waals surface area contributed by atoms with Crippen molar-refractivity contribution in [3.63, 3.8) is 0 Å². The molecule has 10 heteroatoms. The van der Waals surface area contributed by atoms with Gasteiger partial charge in [-0.1, -0.05) is 30.3 Å². The first kappa shape index (κ1) is 27.8. The van der Waals surface area contributed by atoms with E-state index in [1.165, 1.54) is 4.90 Å². The van der Waals surface area contributed by atoms with Crippen molar-refractivity contribution < 1.29 is 33.1 Å². The molecule has 1 aliphatic rings. The highest BCUT2D eigenvalue weighted by Gasteiger charge is 2.59. The van der Waals surface area contributed by atoms with E-state index in [9.17, 15) is 14.6 Å². The molecule has 1 saturated heterocycles. The number of carbonyl (C=O) groups is 1. The second kappa shape index (κ2) is 10.8. The predicted octanol–water partition coefficient (Wildman–Crippen LogP) is 5.23. The number of nitrogens with zero attached hydrogens (tertiary/aromatic N) is 2. The molecule has 1 aromatic carbocycles. The summed E-state index contributed by atoms with van der Waals surface area (Å²) in [5, 5.41) is 12.2. The Balaban J connectivity index is 2.58.